The van der Waals surface area contributed by atoms with Crippen LogP contribution in [-0.2, 0) is 0 Å². The molecular formula is C16H9N3O2. The SMILES string of the molecule is N#Cc1nc2ccccc2cc1-c1cnccc1C(=O)O. The Kier molecular flexibility index (Phi) is 3.05. The van der Waals surface area contributed by atoms with Crippen molar-refractivity contribution in [3.63, 3.8) is 0 Å². The number of rotatable bonds is 2. The van der Waals surface area contributed by atoms with Crippen LogP contribution < -0.4 is 0 Å². The first-order valence-corrected chi connectivity index (χ1v) is 6.18. The van der Waals surface area contributed by atoms with Crippen LogP contribution in [0.2, 0.25) is 0 Å². The molecule has 2 aromatic heterocycles. The number of carbonyl (C=O) groups is 1. The van der Waals surface area contributed by atoms with E-state index < -0.39 is 5.97 Å². The quantitative estimate of drug-likeness (QED) is 0.777. The van der Waals surface area contributed by atoms with Crippen LogP contribution in [0, 0.1) is 11.3 Å². The fourth-order valence-corrected chi connectivity index (χ4v) is 2.20. The minimum absolute atomic E-state index is 0.0959. The van der Waals surface area contributed by atoms with E-state index in [1.807, 2.05) is 24.3 Å². The summed E-state index contributed by atoms with van der Waals surface area (Å²) >= 11 is 0. The topological polar surface area (TPSA) is 86.9 Å². The fraction of sp³-hybridized carbons (Fsp3) is 0. The van der Waals surface area contributed by atoms with Gasteiger partial charge in [0.15, 0.2) is 0 Å². The molecule has 0 saturated heterocycles. The second-order valence-electron chi connectivity index (χ2n) is 4.42. The van der Waals surface area contributed by atoms with E-state index in [1.54, 1.807) is 12.1 Å². The van der Waals surface area contributed by atoms with Gasteiger partial charge in [0.2, 0.25) is 0 Å². The number of hydrogen-bond donors (Lipinski definition) is 1. The molecule has 0 bridgehead atoms. The second-order valence-corrected chi connectivity index (χ2v) is 4.42. The van der Waals surface area contributed by atoms with Gasteiger partial charge in [-0.05, 0) is 18.2 Å². The summed E-state index contributed by atoms with van der Waals surface area (Å²) in [7, 11) is 0. The molecule has 0 fully saturated rings. The third-order valence-corrected chi connectivity index (χ3v) is 3.17. The normalized spacial score (nSPS) is 10.2. The average molecular weight is 275 g/mol. The van der Waals surface area contributed by atoms with Gasteiger partial charge in [-0.3, -0.25) is 4.98 Å². The van der Waals surface area contributed by atoms with E-state index in [9.17, 15) is 15.2 Å². The van der Waals surface area contributed by atoms with Crippen molar-refractivity contribution < 1.29 is 9.90 Å². The zero-order valence-electron chi connectivity index (χ0n) is 10.8. The molecule has 0 atom stereocenters. The lowest BCUT2D eigenvalue weighted by atomic mass is 9.99. The van der Waals surface area contributed by atoms with Gasteiger partial charge in [-0.2, -0.15) is 5.26 Å². The van der Waals surface area contributed by atoms with Crippen LogP contribution in [0.15, 0.2) is 48.8 Å². The molecule has 0 radical (unpaired) electrons. The number of benzene rings is 1. The second kappa shape index (κ2) is 5.02. The number of carboxylic acids is 1. The van der Waals surface area contributed by atoms with Crippen LogP contribution >= 0.6 is 0 Å². The van der Waals surface area contributed by atoms with Crippen molar-refractivity contribution in [3.05, 3.63) is 60.0 Å². The fourth-order valence-electron chi connectivity index (χ4n) is 2.20. The van der Waals surface area contributed by atoms with Crippen LogP contribution in [-0.4, -0.2) is 21.0 Å². The molecule has 3 aromatic rings. The molecule has 5 heteroatoms. The zero-order valence-corrected chi connectivity index (χ0v) is 10.8. The lowest BCUT2D eigenvalue weighted by molar-refractivity contribution is 0.0697. The molecule has 0 aliphatic heterocycles. The predicted octanol–water partition coefficient (Wildman–Crippen LogP) is 2.87. The van der Waals surface area contributed by atoms with Gasteiger partial charge in [-0.15, -0.1) is 0 Å². The first-order valence-electron chi connectivity index (χ1n) is 6.18. The summed E-state index contributed by atoms with van der Waals surface area (Å²) in [5.41, 5.74) is 1.84. The largest absolute Gasteiger partial charge is 0.478 e. The summed E-state index contributed by atoms with van der Waals surface area (Å²) < 4.78 is 0. The summed E-state index contributed by atoms with van der Waals surface area (Å²) in [6.45, 7) is 0. The smallest absolute Gasteiger partial charge is 0.336 e. The van der Waals surface area contributed by atoms with Crippen LogP contribution in [0.5, 0.6) is 0 Å². The van der Waals surface area contributed by atoms with Crippen molar-refractivity contribution in [1.29, 1.82) is 5.26 Å². The molecule has 0 saturated carbocycles. The molecule has 0 amide bonds. The molecular weight excluding hydrogens is 266 g/mol. The number of hydrogen-bond acceptors (Lipinski definition) is 4. The third kappa shape index (κ3) is 2.19. The molecule has 0 spiro atoms. The van der Waals surface area contributed by atoms with Crippen molar-refractivity contribution >= 4 is 16.9 Å². The van der Waals surface area contributed by atoms with E-state index in [2.05, 4.69) is 9.97 Å². The van der Waals surface area contributed by atoms with Gasteiger partial charge in [0.25, 0.3) is 0 Å². The minimum Gasteiger partial charge on any atom is -0.478 e. The minimum atomic E-state index is -1.07. The Labute approximate surface area is 120 Å². The Balaban J connectivity index is 2.35. The number of para-hydroxylation sites is 1. The van der Waals surface area contributed by atoms with Gasteiger partial charge in [0.05, 0.1) is 11.1 Å². The van der Waals surface area contributed by atoms with E-state index >= 15 is 0 Å². The van der Waals surface area contributed by atoms with E-state index in [4.69, 9.17) is 0 Å². The Morgan fingerprint density at radius 3 is 2.76 bits per heavy atom. The van der Waals surface area contributed by atoms with Gasteiger partial charge < -0.3 is 5.11 Å². The van der Waals surface area contributed by atoms with E-state index in [1.165, 1.54) is 18.5 Å². The van der Waals surface area contributed by atoms with E-state index in [-0.39, 0.29) is 11.3 Å². The Morgan fingerprint density at radius 1 is 1.19 bits per heavy atom. The zero-order chi connectivity index (χ0) is 14.8. The van der Waals surface area contributed by atoms with Crippen LogP contribution in [0.3, 0.4) is 0 Å². The van der Waals surface area contributed by atoms with Crippen molar-refractivity contribution in [2.24, 2.45) is 0 Å². The summed E-state index contributed by atoms with van der Waals surface area (Å²) in [5.74, 6) is -1.07. The Bertz CT molecular complexity index is 897. The third-order valence-electron chi connectivity index (χ3n) is 3.17. The van der Waals surface area contributed by atoms with Gasteiger partial charge in [0.1, 0.15) is 11.8 Å². The average Bonchev–Trinajstić information content (AvgIpc) is 2.53. The number of aromatic nitrogens is 2. The molecule has 2 heterocycles. The molecule has 0 aliphatic carbocycles. The predicted molar refractivity (Wildman–Crippen MR) is 76.6 cm³/mol. The maximum atomic E-state index is 11.3. The molecule has 0 unspecified atom stereocenters. The standard InChI is InChI=1S/C16H9N3O2/c17-8-15-12(7-10-3-1-2-4-14(10)19-15)13-9-18-6-5-11(13)16(20)21/h1-7,9H,(H,20,21). The van der Waals surface area contributed by atoms with Crippen molar-refractivity contribution in [3.8, 4) is 17.2 Å². The monoisotopic (exact) mass is 275 g/mol. The Hall–Kier alpha value is -3.26. The first kappa shape index (κ1) is 12.8. The van der Waals surface area contributed by atoms with E-state index in [0.29, 0.717) is 16.6 Å². The number of carboxylic acid groups (broad SMARTS) is 1. The number of fused-ring (bicyclic) bond motifs is 1. The highest BCUT2D eigenvalue weighted by atomic mass is 16.4. The lowest BCUT2D eigenvalue weighted by Gasteiger charge is -2.08. The first-order chi connectivity index (χ1) is 10.2. The highest BCUT2D eigenvalue weighted by Gasteiger charge is 2.16. The Morgan fingerprint density at radius 2 is 2.00 bits per heavy atom. The molecule has 5 nitrogen and oxygen atoms in total. The van der Waals surface area contributed by atoms with Crippen LogP contribution in [0.4, 0.5) is 0 Å². The maximum absolute atomic E-state index is 11.3. The molecule has 21 heavy (non-hydrogen) atoms. The maximum Gasteiger partial charge on any atom is 0.336 e. The number of nitrogens with zero attached hydrogens (tertiary/aromatic N) is 3. The number of pyridine rings is 2. The molecule has 0 aliphatic rings. The molecule has 100 valence electrons. The number of aromatic carboxylic acids is 1. The van der Waals surface area contributed by atoms with Crippen molar-refractivity contribution in [2.45, 2.75) is 0 Å². The summed E-state index contributed by atoms with van der Waals surface area (Å²) in [5, 5.41) is 19.4. The lowest BCUT2D eigenvalue weighted by Crippen LogP contribution is -2.02. The summed E-state index contributed by atoms with van der Waals surface area (Å²) in [6, 6.07) is 12.6. The molecule has 3 rings (SSSR count). The van der Waals surface area contributed by atoms with Crippen LogP contribution in [0.1, 0.15) is 16.1 Å². The van der Waals surface area contributed by atoms with Crippen molar-refractivity contribution in [1.82, 2.24) is 9.97 Å². The van der Waals surface area contributed by atoms with Crippen LogP contribution in [0.25, 0.3) is 22.0 Å². The van der Waals surface area contributed by atoms with E-state index in [0.717, 1.165) is 5.39 Å². The van der Waals surface area contributed by atoms with Crippen molar-refractivity contribution in [2.75, 3.05) is 0 Å². The molecule has 1 N–H and O–H groups in total. The van der Waals surface area contributed by atoms with Gasteiger partial charge in [0, 0.05) is 28.9 Å². The summed E-state index contributed by atoms with van der Waals surface area (Å²) in [6.07, 6.45) is 2.85. The highest BCUT2D eigenvalue weighted by molar-refractivity contribution is 5.97. The molecule has 1 aromatic carbocycles. The van der Waals surface area contributed by atoms with Gasteiger partial charge in [-0.1, -0.05) is 18.2 Å². The summed E-state index contributed by atoms with van der Waals surface area (Å²) in [4.78, 5) is 19.6. The van der Waals surface area contributed by atoms with Gasteiger partial charge in [-0.25, -0.2) is 9.78 Å². The van der Waals surface area contributed by atoms with Gasteiger partial charge >= 0.3 is 5.97 Å². The highest BCUT2D eigenvalue weighted by Crippen LogP contribution is 2.28. The number of nitriles is 1.